The van der Waals surface area contributed by atoms with Gasteiger partial charge >= 0.3 is 12.4 Å². The standard InChI is InChI=1S/C23H24F6N2O3.C12H18N2/c1-31-10-6-9-21(13-31,15-7-4-3-5-8-15)30-20(32)19-17(33-2)11-16(23(27,28)29)12-18(19)34-14-22(24,25)26;1-14-9-5-8-12(13,10-14)11-6-3-2-4-7-11/h3-5,7-8,11-12H,6,9-10,13-14H2,1-2H3,(H,30,32);2-4,6-7H,5,8-10,13H2,1H3. The smallest absolute Gasteiger partial charge is 0.422 e. The SMILES string of the molecule is CN1CCCC(N)(c2ccccc2)C1.COc1cc(C(F)(F)F)cc(OCC(F)(F)F)c1C(=O)NC1(c2ccccc2)CCCN(C)C1. The van der Waals surface area contributed by atoms with Crippen molar-refractivity contribution in [2.75, 3.05) is 54.0 Å². The van der Waals surface area contributed by atoms with Gasteiger partial charge in [-0.1, -0.05) is 60.7 Å². The molecular weight excluding hydrogens is 638 g/mol. The van der Waals surface area contributed by atoms with Gasteiger partial charge in [0.2, 0.25) is 0 Å². The van der Waals surface area contributed by atoms with Crippen molar-refractivity contribution >= 4 is 5.91 Å². The molecule has 2 unspecified atom stereocenters. The largest absolute Gasteiger partial charge is 0.496 e. The number of benzene rings is 3. The van der Waals surface area contributed by atoms with Crippen LogP contribution in [0.3, 0.4) is 0 Å². The minimum Gasteiger partial charge on any atom is -0.496 e. The number of carbonyl (C=O) groups excluding carboxylic acids is 1. The van der Waals surface area contributed by atoms with E-state index in [0.717, 1.165) is 32.2 Å². The van der Waals surface area contributed by atoms with Crippen LogP contribution in [0.4, 0.5) is 26.3 Å². The van der Waals surface area contributed by atoms with Crippen molar-refractivity contribution < 1.29 is 40.6 Å². The van der Waals surface area contributed by atoms with E-state index in [4.69, 9.17) is 10.5 Å². The number of hydrogen-bond donors (Lipinski definition) is 2. The maximum Gasteiger partial charge on any atom is 0.422 e. The first kappa shape index (κ1) is 37.0. The zero-order valence-electron chi connectivity index (χ0n) is 27.3. The second-order valence-corrected chi connectivity index (χ2v) is 12.6. The Balaban J connectivity index is 0.000000307. The van der Waals surface area contributed by atoms with E-state index in [1.165, 1.54) is 18.5 Å². The third kappa shape index (κ3) is 9.42. The van der Waals surface area contributed by atoms with Gasteiger partial charge in [-0.2, -0.15) is 26.3 Å². The maximum absolute atomic E-state index is 13.4. The molecule has 3 aromatic carbocycles. The number of likely N-dealkylation sites (N-methyl/N-ethyl adjacent to an activating group) is 2. The van der Waals surface area contributed by atoms with Crippen LogP contribution in [-0.2, 0) is 17.3 Å². The van der Waals surface area contributed by atoms with Crippen LogP contribution in [0.25, 0.3) is 0 Å². The monoisotopic (exact) mass is 680 g/mol. The summed E-state index contributed by atoms with van der Waals surface area (Å²) in [6.07, 6.45) is -6.19. The summed E-state index contributed by atoms with van der Waals surface area (Å²) in [5.74, 6) is -2.31. The average Bonchev–Trinajstić information content (AvgIpc) is 3.03. The number of halogens is 6. The molecule has 2 aliphatic heterocycles. The Bertz CT molecular complexity index is 1510. The van der Waals surface area contributed by atoms with Crippen molar-refractivity contribution in [1.29, 1.82) is 0 Å². The third-order valence-electron chi connectivity index (χ3n) is 8.66. The van der Waals surface area contributed by atoms with E-state index >= 15 is 0 Å². The minimum absolute atomic E-state index is 0.131. The maximum atomic E-state index is 13.4. The van der Waals surface area contributed by atoms with E-state index in [1.54, 1.807) is 18.2 Å². The Labute approximate surface area is 277 Å². The van der Waals surface area contributed by atoms with Crippen molar-refractivity contribution in [3.8, 4) is 11.5 Å². The van der Waals surface area contributed by atoms with E-state index < -0.39 is 53.0 Å². The summed E-state index contributed by atoms with van der Waals surface area (Å²) in [5.41, 5.74) is 5.58. The van der Waals surface area contributed by atoms with Crippen molar-refractivity contribution in [3.05, 3.63) is 95.1 Å². The second-order valence-electron chi connectivity index (χ2n) is 12.6. The van der Waals surface area contributed by atoms with Crippen LogP contribution in [0, 0.1) is 0 Å². The number of likely N-dealkylation sites (tertiary alicyclic amines) is 2. The number of nitrogens with two attached hydrogens (primary N) is 1. The predicted molar refractivity (Wildman–Crippen MR) is 171 cm³/mol. The highest BCUT2D eigenvalue weighted by Gasteiger charge is 2.41. The number of hydrogen-bond acceptors (Lipinski definition) is 6. The molecule has 0 aliphatic carbocycles. The van der Waals surface area contributed by atoms with Crippen LogP contribution >= 0.6 is 0 Å². The first-order chi connectivity index (χ1) is 22.6. The lowest BCUT2D eigenvalue weighted by atomic mass is 9.82. The van der Waals surface area contributed by atoms with Crippen LogP contribution in [0.15, 0.2) is 72.8 Å². The Kier molecular flexibility index (Phi) is 11.7. The molecule has 3 N–H and O–H groups in total. The van der Waals surface area contributed by atoms with Gasteiger partial charge in [0.25, 0.3) is 5.91 Å². The van der Waals surface area contributed by atoms with Crippen LogP contribution in [0.2, 0.25) is 0 Å². The highest BCUT2D eigenvalue weighted by Crippen LogP contribution is 2.40. The molecule has 0 saturated carbocycles. The number of alkyl halides is 6. The molecule has 48 heavy (non-hydrogen) atoms. The molecule has 13 heteroatoms. The van der Waals surface area contributed by atoms with Gasteiger partial charge in [0.15, 0.2) is 6.61 Å². The lowest BCUT2D eigenvalue weighted by molar-refractivity contribution is -0.153. The number of ether oxygens (including phenoxy) is 2. The molecule has 5 rings (SSSR count). The number of carbonyl (C=O) groups is 1. The Hall–Kier alpha value is -3.81. The van der Waals surface area contributed by atoms with E-state index in [-0.39, 0.29) is 5.54 Å². The molecule has 2 saturated heterocycles. The number of methoxy groups -OCH3 is 1. The van der Waals surface area contributed by atoms with Crippen molar-refractivity contribution in [2.24, 2.45) is 5.73 Å². The van der Waals surface area contributed by atoms with Crippen molar-refractivity contribution in [3.63, 3.8) is 0 Å². The fourth-order valence-electron chi connectivity index (χ4n) is 6.44. The zero-order valence-corrected chi connectivity index (χ0v) is 27.3. The fraction of sp³-hybridized carbons (Fsp3) is 0.457. The van der Waals surface area contributed by atoms with Crippen molar-refractivity contribution in [1.82, 2.24) is 15.1 Å². The lowest BCUT2D eigenvalue weighted by Crippen LogP contribution is -2.55. The lowest BCUT2D eigenvalue weighted by Gasteiger charge is -2.42. The summed E-state index contributed by atoms with van der Waals surface area (Å²) in [7, 11) is 5.03. The van der Waals surface area contributed by atoms with Crippen molar-refractivity contribution in [2.45, 2.75) is 49.1 Å². The fourth-order valence-corrected chi connectivity index (χ4v) is 6.44. The van der Waals surface area contributed by atoms with Crippen LogP contribution in [0.5, 0.6) is 11.5 Å². The minimum atomic E-state index is -4.89. The second kappa shape index (κ2) is 15.2. The Morgan fingerprint density at radius 3 is 1.90 bits per heavy atom. The molecular formula is C35H42F6N4O3. The molecule has 0 aromatic heterocycles. The summed E-state index contributed by atoms with van der Waals surface area (Å²) in [4.78, 5) is 17.7. The Morgan fingerprint density at radius 2 is 1.38 bits per heavy atom. The topological polar surface area (TPSA) is 80.1 Å². The molecule has 0 bridgehead atoms. The summed E-state index contributed by atoms with van der Waals surface area (Å²) in [5, 5.41) is 2.86. The van der Waals surface area contributed by atoms with Gasteiger partial charge in [-0.3, -0.25) is 4.79 Å². The van der Waals surface area contributed by atoms with Gasteiger partial charge in [0, 0.05) is 13.1 Å². The quantitative estimate of drug-likeness (QED) is 0.275. The van der Waals surface area contributed by atoms with Gasteiger partial charge in [-0.25, -0.2) is 0 Å². The molecule has 2 atom stereocenters. The first-order valence-electron chi connectivity index (χ1n) is 15.6. The average molecular weight is 681 g/mol. The summed E-state index contributed by atoms with van der Waals surface area (Å²) in [6, 6.07) is 20.4. The number of nitrogens with zero attached hydrogens (tertiary/aromatic N) is 2. The molecule has 2 aliphatic rings. The zero-order chi connectivity index (χ0) is 35.2. The van der Waals surface area contributed by atoms with E-state index in [2.05, 4.69) is 46.3 Å². The van der Waals surface area contributed by atoms with Crippen LogP contribution in [0.1, 0.15) is 52.7 Å². The summed E-state index contributed by atoms with van der Waals surface area (Å²) in [6.45, 7) is 1.44. The number of piperidine rings is 2. The number of rotatable bonds is 7. The summed E-state index contributed by atoms with van der Waals surface area (Å²) >= 11 is 0. The molecule has 3 aromatic rings. The third-order valence-corrected chi connectivity index (χ3v) is 8.66. The number of nitrogens with one attached hydrogen (secondary N) is 1. The highest BCUT2D eigenvalue weighted by molar-refractivity contribution is 6.00. The van der Waals surface area contributed by atoms with Gasteiger partial charge in [-0.05, 0) is 76.1 Å². The predicted octanol–water partition coefficient (Wildman–Crippen LogP) is 6.57. The summed E-state index contributed by atoms with van der Waals surface area (Å²) < 4.78 is 88.1. The molecule has 2 heterocycles. The number of amides is 1. The molecule has 262 valence electrons. The normalized spacial score (nSPS) is 22.3. The van der Waals surface area contributed by atoms with Gasteiger partial charge in [0.05, 0.1) is 23.8 Å². The highest BCUT2D eigenvalue weighted by atomic mass is 19.4. The van der Waals surface area contributed by atoms with E-state index in [0.29, 0.717) is 31.5 Å². The van der Waals surface area contributed by atoms with Gasteiger partial charge in [-0.15, -0.1) is 0 Å². The molecule has 0 spiro atoms. The first-order valence-corrected chi connectivity index (χ1v) is 15.6. The Morgan fingerprint density at radius 1 is 0.833 bits per heavy atom. The molecule has 1 amide bonds. The van der Waals surface area contributed by atoms with Gasteiger partial charge < -0.3 is 30.3 Å². The van der Waals surface area contributed by atoms with Gasteiger partial charge in [0.1, 0.15) is 17.1 Å². The van der Waals surface area contributed by atoms with Crippen LogP contribution < -0.4 is 20.5 Å². The molecule has 2 fully saturated rings. The molecule has 7 nitrogen and oxygen atoms in total. The molecule has 0 radical (unpaired) electrons. The van der Waals surface area contributed by atoms with E-state index in [1.807, 2.05) is 30.1 Å². The van der Waals surface area contributed by atoms with E-state index in [9.17, 15) is 31.1 Å². The van der Waals surface area contributed by atoms with Crippen LogP contribution in [-0.4, -0.2) is 75.9 Å².